The summed E-state index contributed by atoms with van der Waals surface area (Å²) in [5, 5.41) is 1.31. The summed E-state index contributed by atoms with van der Waals surface area (Å²) < 4.78 is 0. The lowest BCUT2D eigenvalue weighted by atomic mass is 10.0. The van der Waals surface area contributed by atoms with Crippen LogP contribution in [0.25, 0.3) is 28.2 Å². The minimum absolute atomic E-state index is 1.05. The molecule has 2 aromatic heterocycles. The summed E-state index contributed by atoms with van der Waals surface area (Å²) in [4.78, 5) is 8.01. The second-order valence-electron chi connectivity index (χ2n) is 4.94. The van der Waals surface area contributed by atoms with Gasteiger partial charge in [-0.05, 0) is 30.5 Å². The van der Waals surface area contributed by atoms with Crippen molar-refractivity contribution in [2.24, 2.45) is 0 Å². The van der Waals surface area contributed by atoms with Gasteiger partial charge in [-0.2, -0.15) is 0 Å². The third kappa shape index (κ3) is 1.68. The van der Waals surface area contributed by atoms with Crippen LogP contribution in [0.4, 0.5) is 0 Å². The van der Waals surface area contributed by atoms with Gasteiger partial charge >= 0.3 is 0 Å². The molecule has 0 radical (unpaired) electrons. The smallest absolute Gasteiger partial charge is 0.0709 e. The minimum atomic E-state index is 1.05. The van der Waals surface area contributed by atoms with E-state index in [1.807, 2.05) is 12.3 Å². The third-order valence-electron chi connectivity index (χ3n) is 3.74. The lowest BCUT2D eigenvalue weighted by Crippen LogP contribution is -1.90. The van der Waals surface area contributed by atoms with E-state index in [1.54, 1.807) is 0 Å². The summed E-state index contributed by atoms with van der Waals surface area (Å²) in [6.45, 7) is 0. The molecule has 2 heterocycles. The second kappa shape index (κ2) is 4.09. The van der Waals surface area contributed by atoms with E-state index in [4.69, 9.17) is 0 Å². The highest BCUT2D eigenvalue weighted by molar-refractivity contribution is 5.89. The molecule has 1 N–H and O–H groups in total. The molecular formula is C17H14N2. The first-order valence-corrected chi connectivity index (χ1v) is 6.64. The van der Waals surface area contributed by atoms with Gasteiger partial charge < -0.3 is 4.98 Å². The molecule has 0 unspecified atom stereocenters. The Labute approximate surface area is 111 Å². The van der Waals surface area contributed by atoms with E-state index in [0.29, 0.717) is 0 Å². The Balaban J connectivity index is 1.94. The van der Waals surface area contributed by atoms with Crippen molar-refractivity contribution >= 4 is 17.0 Å². The fourth-order valence-corrected chi connectivity index (χ4v) is 2.78. The Morgan fingerprint density at radius 1 is 1.11 bits per heavy atom. The predicted molar refractivity (Wildman–Crippen MR) is 78.9 cm³/mol. The fraction of sp³-hybridized carbons (Fsp3) is 0.118. The molecule has 0 spiro atoms. The number of hydrogen-bond donors (Lipinski definition) is 1. The number of H-pyrrole nitrogens is 1. The average Bonchev–Trinajstić information content (AvgIpc) is 2.86. The van der Waals surface area contributed by atoms with Crippen molar-refractivity contribution in [2.45, 2.75) is 12.8 Å². The topological polar surface area (TPSA) is 28.7 Å². The van der Waals surface area contributed by atoms with Gasteiger partial charge in [0, 0.05) is 16.6 Å². The van der Waals surface area contributed by atoms with Gasteiger partial charge in [0.25, 0.3) is 0 Å². The zero-order valence-electron chi connectivity index (χ0n) is 10.6. The maximum atomic E-state index is 4.57. The van der Waals surface area contributed by atoms with Gasteiger partial charge in [0.05, 0.1) is 17.4 Å². The molecule has 0 saturated carbocycles. The van der Waals surface area contributed by atoms with Crippen LogP contribution in [-0.2, 0) is 6.42 Å². The molecule has 92 valence electrons. The van der Waals surface area contributed by atoms with Crippen LogP contribution in [0, 0.1) is 0 Å². The Hall–Kier alpha value is -2.35. The van der Waals surface area contributed by atoms with Crippen molar-refractivity contribution in [2.75, 3.05) is 0 Å². The fourth-order valence-electron chi connectivity index (χ4n) is 2.78. The SMILES string of the molecule is C1=Cc2[nH]c3cnc(-c4ccccc4)cc3c2CC1. The van der Waals surface area contributed by atoms with Crippen molar-refractivity contribution < 1.29 is 0 Å². The molecule has 1 aliphatic rings. The second-order valence-corrected chi connectivity index (χ2v) is 4.94. The molecule has 1 aliphatic carbocycles. The van der Waals surface area contributed by atoms with Crippen LogP contribution in [0.2, 0.25) is 0 Å². The van der Waals surface area contributed by atoms with E-state index < -0.39 is 0 Å². The number of rotatable bonds is 1. The number of fused-ring (bicyclic) bond motifs is 3. The summed E-state index contributed by atoms with van der Waals surface area (Å²) in [7, 11) is 0. The monoisotopic (exact) mass is 246 g/mol. The molecule has 3 aromatic rings. The molecule has 2 heteroatoms. The van der Waals surface area contributed by atoms with Crippen LogP contribution in [0.15, 0.2) is 48.7 Å². The summed E-state index contributed by atoms with van der Waals surface area (Å²) in [5.74, 6) is 0. The Morgan fingerprint density at radius 3 is 2.89 bits per heavy atom. The molecule has 0 bridgehead atoms. The van der Waals surface area contributed by atoms with E-state index in [-0.39, 0.29) is 0 Å². The van der Waals surface area contributed by atoms with Gasteiger partial charge in [-0.25, -0.2) is 0 Å². The van der Waals surface area contributed by atoms with Crippen molar-refractivity contribution in [3.63, 3.8) is 0 Å². The number of pyridine rings is 1. The first-order chi connectivity index (χ1) is 9.42. The van der Waals surface area contributed by atoms with Crippen molar-refractivity contribution in [1.29, 1.82) is 0 Å². The van der Waals surface area contributed by atoms with Crippen LogP contribution in [0.3, 0.4) is 0 Å². The van der Waals surface area contributed by atoms with E-state index in [2.05, 4.69) is 52.5 Å². The van der Waals surface area contributed by atoms with E-state index >= 15 is 0 Å². The van der Waals surface area contributed by atoms with Crippen molar-refractivity contribution in [3.8, 4) is 11.3 Å². The highest BCUT2D eigenvalue weighted by Crippen LogP contribution is 2.30. The maximum Gasteiger partial charge on any atom is 0.0709 e. The number of nitrogens with one attached hydrogen (secondary N) is 1. The summed E-state index contributed by atoms with van der Waals surface area (Å²) >= 11 is 0. The highest BCUT2D eigenvalue weighted by Gasteiger charge is 2.13. The quantitative estimate of drug-likeness (QED) is 0.685. The molecule has 0 amide bonds. The number of hydrogen-bond acceptors (Lipinski definition) is 1. The minimum Gasteiger partial charge on any atom is -0.354 e. The van der Waals surface area contributed by atoms with Crippen LogP contribution in [0.5, 0.6) is 0 Å². The van der Waals surface area contributed by atoms with Crippen LogP contribution in [0.1, 0.15) is 17.7 Å². The molecular weight excluding hydrogens is 232 g/mol. The van der Waals surface area contributed by atoms with E-state index in [1.165, 1.54) is 22.2 Å². The van der Waals surface area contributed by atoms with Crippen LogP contribution >= 0.6 is 0 Å². The molecule has 0 saturated heterocycles. The zero-order valence-corrected chi connectivity index (χ0v) is 10.6. The molecule has 2 nitrogen and oxygen atoms in total. The molecule has 0 aliphatic heterocycles. The molecule has 1 aromatic carbocycles. The third-order valence-corrected chi connectivity index (χ3v) is 3.74. The van der Waals surface area contributed by atoms with Gasteiger partial charge in [0.1, 0.15) is 0 Å². The Bertz CT molecular complexity index is 767. The number of benzene rings is 1. The normalized spacial score (nSPS) is 13.7. The highest BCUT2D eigenvalue weighted by atomic mass is 14.8. The van der Waals surface area contributed by atoms with Crippen LogP contribution in [-0.4, -0.2) is 9.97 Å². The van der Waals surface area contributed by atoms with E-state index in [9.17, 15) is 0 Å². The molecule has 19 heavy (non-hydrogen) atoms. The number of aromatic nitrogens is 2. The maximum absolute atomic E-state index is 4.57. The lowest BCUT2D eigenvalue weighted by molar-refractivity contribution is 0.992. The van der Waals surface area contributed by atoms with Gasteiger partial charge in [-0.3, -0.25) is 4.98 Å². The predicted octanol–water partition coefficient (Wildman–Crippen LogP) is 4.19. The Morgan fingerprint density at radius 2 is 2.00 bits per heavy atom. The molecule has 4 rings (SSSR count). The first-order valence-electron chi connectivity index (χ1n) is 6.64. The number of allylic oxidation sites excluding steroid dienone is 1. The summed E-state index contributed by atoms with van der Waals surface area (Å²) in [6, 6.07) is 12.6. The number of nitrogens with zero attached hydrogens (tertiary/aromatic N) is 1. The Kier molecular flexibility index (Phi) is 2.27. The largest absolute Gasteiger partial charge is 0.354 e. The number of aromatic amines is 1. The van der Waals surface area contributed by atoms with Gasteiger partial charge in [-0.15, -0.1) is 0 Å². The zero-order chi connectivity index (χ0) is 12.7. The van der Waals surface area contributed by atoms with Crippen LogP contribution < -0.4 is 0 Å². The molecule has 0 atom stereocenters. The number of aryl methyl sites for hydroxylation is 1. The van der Waals surface area contributed by atoms with Gasteiger partial charge in [0.2, 0.25) is 0 Å². The van der Waals surface area contributed by atoms with Gasteiger partial charge in [-0.1, -0.05) is 36.4 Å². The van der Waals surface area contributed by atoms with E-state index in [0.717, 1.165) is 24.1 Å². The van der Waals surface area contributed by atoms with Gasteiger partial charge in [0.15, 0.2) is 0 Å². The standard InChI is InChI=1S/C17H14N2/c1-2-6-12(7-3-1)16-10-14-13-8-4-5-9-15(13)19-17(14)11-18-16/h1-3,5-7,9-11,19H,4,8H2. The lowest BCUT2D eigenvalue weighted by Gasteiger charge is -2.05. The summed E-state index contributed by atoms with van der Waals surface area (Å²) in [6.07, 6.45) is 8.60. The molecule has 0 fully saturated rings. The van der Waals surface area contributed by atoms with Crippen molar-refractivity contribution in [1.82, 2.24) is 9.97 Å². The summed E-state index contributed by atoms with van der Waals surface area (Å²) in [5.41, 5.74) is 6.02. The first kappa shape index (κ1) is 10.6. The van der Waals surface area contributed by atoms with Crippen molar-refractivity contribution in [3.05, 3.63) is 59.9 Å². The average molecular weight is 246 g/mol.